The molecule has 5 heteroatoms. The van der Waals surface area contributed by atoms with Gasteiger partial charge in [-0.1, -0.05) is 0 Å². The van der Waals surface area contributed by atoms with Gasteiger partial charge in [-0.05, 0) is 35.2 Å². The first kappa shape index (κ1) is 13.1. The molecule has 2 aliphatic rings. The van der Waals surface area contributed by atoms with Gasteiger partial charge in [0.05, 0.1) is 25.2 Å². The Bertz CT molecular complexity index is 434. The quantitative estimate of drug-likeness (QED) is 0.846. The summed E-state index contributed by atoms with van der Waals surface area (Å²) >= 11 is 1.63. The summed E-state index contributed by atoms with van der Waals surface area (Å²) in [6.45, 7) is 1.31. The van der Waals surface area contributed by atoms with E-state index in [1.165, 1.54) is 0 Å². The highest BCUT2D eigenvalue weighted by molar-refractivity contribution is 7.07. The number of hydrogen-bond donors (Lipinski definition) is 0. The van der Waals surface area contributed by atoms with Gasteiger partial charge >= 0.3 is 0 Å². The van der Waals surface area contributed by atoms with Gasteiger partial charge < -0.3 is 14.4 Å². The van der Waals surface area contributed by atoms with Crippen molar-refractivity contribution in [2.45, 2.75) is 37.5 Å². The third-order valence-corrected chi connectivity index (χ3v) is 4.82. The van der Waals surface area contributed by atoms with Crippen molar-refractivity contribution in [2.75, 3.05) is 20.3 Å². The number of amides is 1. The molecule has 2 heterocycles. The van der Waals surface area contributed by atoms with E-state index in [0.29, 0.717) is 19.6 Å². The molecule has 0 radical (unpaired) electrons. The number of rotatable bonds is 3. The molecule has 1 saturated heterocycles. The summed E-state index contributed by atoms with van der Waals surface area (Å²) in [5.41, 5.74) is 1.10. The molecule has 104 valence electrons. The van der Waals surface area contributed by atoms with E-state index in [9.17, 15) is 4.79 Å². The van der Waals surface area contributed by atoms with E-state index in [-0.39, 0.29) is 24.2 Å². The monoisotopic (exact) mass is 281 g/mol. The molecule has 1 aliphatic heterocycles. The number of thiophene rings is 1. The Kier molecular flexibility index (Phi) is 3.86. The van der Waals surface area contributed by atoms with Crippen LogP contribution in [0.1, 0.15) is 18.4 Å². The second kappa shape index (κ2) is 5.61. The molecule has 1 aromatic rings. The van der Waals surface area contributed by atoms with E-state index in [1.807, 2.05) is 21.7 Å². The van der Waals surface area contributed by atoms with Crippen LogP contribution in [0.15, 0.2) is 16.8 Å². The molecular weight excluding hydrogens is 262 g/mol. The molecular formula is C14H19NO3S. The van der Waals surface area contributed by atoms with Crippen LogP contribution in [0.4, 0.5) is 0 Å². The molecule has 3 atom stereocenters. The summed E-state index contributed by atoms with van der Waals surface area (Å²) < 4.78 is 11.4. The lowest BCUT2D eigenvalue weighted by atomic mass is 10.1. The molecule has 3 rings (SSSR count). The number of fused-ring (bicyclic) bond motifs is 2. The van der Waals surface area contributed by atoms with Gasteiger partial charge in [0.1, 0.15) is 6.10 Å². The first-order valence-electron chi connectivity index (χ1n) is 6.74. The number of nitrogens with zero attached hydrogens (tertiary/aromatic N) is 1. The summed E-state index contributed by atoms with van der Waals surface area (Å²) in [7, 11) is 1.71. The third kappa shape index (κ3) is 2.55. The van der Waals surface area contributed by atoms with Crippen molar-refractivity contribution in [3.63, 3.8) is 0 Å². The van der Waals surface area contributed by atoms with E-state index in [1.54, 1.807) is 18.4 Å². The molecule has 1 aromatic heterocycles. The molecule has 1 amide bonds. The minimum atomic E-state index is 0.0360. The fraction of sp³-hybridized carbons (Fsp3) is 0.643. The van der Waals surface area contributed by atoms with Gasteiger partial charge in [0.15, 0.2) is 0 Å². The second-order valence-electron chi connectivity index (χ2n) is 5.15. The summed E-state index contributed by atoms with van der Waals surface area (Å²) in [6, 6.07) is 2.20. The molecule has 0 N–H and O–H groups in total. The van der Waals surface area contributed by atoms with E-state index >= 15 is 0 Å². The fourth-order valence-electron chi connectivity index (χ4n) is 3.18. The van der Waals surface area contributed by atoms with Crippen LogP contribution in [0.3, 0.4) is 0 Å². The smallest absolute Gasteiger partial charge is 0.227 e. The number of hydrogen-bond acceptors (Lipinski definition) is 4. The molecule has 3 unspecified atom stereocenters. The van der Waals surface area contributed by atoms with Crippen LogP contribution in [0.5, 0.6) is 0 Å². The zero-order valence-electron chi connectivity index (χ0n) is 11.1. The molecule has 19 heavy (non-hydrogen) atoms. The SMILES string of the molecule is COC1C2CCC1N(C(=O)Cc1ccsc1)CCO2. The minimum Gasteiger partial charge on any atom is -0.377 e. The number of carbonyl (C=O) groups excluding carboxylic acids is 1. The topological polar surface area (TPSA) is 38.8 Å². The Morgan fingerprint density at radius 2 is 2.47 bits per heavy atom. The third-order valence-electron chi connectivity index (χ3n) is 4.09. The van der Waals surface area contributed by atoms with Crippen LogP contribution in [0, 0.1) is 0 Å². The van der Waals surface area contributed by atoms with Crippen LogP contribution in [-0.2, 0) is 20.7 Å². The second-order valence-corrected chi connectivity index (χ2v) is 5.93. The summed E-state index contributed by atoms with van der Waals surface area (Å²) in [6.07, 6.45) is 2.66. The van der Waals surface area contributed by atoms with Crippen LogP contribution < -0.4 is 0 Å². The summed E-state index contributed by atoms with van der Waals surface area (Å²) in [5.74, 6) is 0.191. The average molecular weight is 281 g/mol. The molecule has 0 spiro atoms. The van der Waals surface area contributed by atoms with Crippen molar-refractivity contribution in [1.29, 1.82) is 0 Å². The number of ether oxygens (including phenoxy) is 2. The van der Waals surface area contributed by atoms with Gasteiger partial charge in [-0.3, -0.25) is 4.79 Å². The maximum Gasteiger partial charge on any atom is 0.227 e. The number of methoxy groups -OCH3 is 1. The lowest BCUT2D eigenvalue weighted by molar-refractivity contribution is -0.134. The fourth-order valence-corrected chi connectivity index (χ4v) is 3.85. The molecule has 1 aliphatic carbocycles. The summed E-state index contributed by atoms with van der Waals surface area (Å²) in [4.78, 5) is 14.5. The Balaban J connectivity index is 1.73. The highest BCUT2D eigenvalue weighted by Gasteiger charge is 2.43. The zero-order chi connectivity index (χ0) is 13.2. The van der Waals surface area contributed by atoms with Gasteiger partial charge in [-0.25, -0.2) is 0 Å². The first-order chi connectivity index (χ1) is 9.29. The standard InChI is InChI=1S/C14H19NO3S/c1-17-14-11-2-3-12(14)18-6-5-15(11)13(16)8-10-4-7-19-9-10/h4,7,9,11-12,14H,2-3,5-6,8H2,1H3. The lowest BCUT2D eigenvalue weighted by Crippen LogP contribution is -2.46. The largest absolute Gasteiger partial charge is 0.377 e. The van der Waals surface area contributed by atoms with Crippen LogP contribution in [0.25, 0.3) is 0 Å². The van der Waals surface area contributed by atoms with Gasteiger partial charge in [0.25, 0.3) is 0 Å². The molecule has 1 saturated carbocycles. The van der Waals surface area contributed by atoms with Crippen molar-refractivity contribution < 1.29 is 14.3 Å². The van der Waals surface area contributed by atoms with Crippen LogP contribution in [-0.4, -0.2) is 49.3 Å². The van der Waals surface area contributed by atoms with Crippen molar-refractivity contribution in [1.82, 2.24) is 4.90 Å². The highest BCUT2D eigenvalue weighted by Crippen LogP contribution is 2.32. The predicted molar refractivity (Wildman–Crippen MR) is 73.3 cm³/mol. The Morgan fingerprint density at radius 3 is 3.21 bits per heavy atom. The van der Waals surface area contributed by atoms with Crippen LogP contribution >= 0.6 is 11.3 Å². The Morgan fingerprint density at radius 1 is 1.58 bits per heavy atom. The normalized spacial score (nSPS) is 30.4. The maximum absolute atomic E-state index is 12.5. The number of carbonyl (C=O) groups is 1. The van der Waals surface area contributed by atoms with Crippen molar-refractivity contribution in [2.24, 2.45) is 0 Å². The van der Waals surface area contributed by atoms with Crippen molar-refractivity contribution in [3.8, 4) is 0 Å². The Hall–Kier alpha value is -0.910. The molecule has 0 aromatic carbocycles. The minimum absolute atomic E-state index is 0.0360. The van der Waals surface area contributed by atoms with Gasteiger partial charge in [-0.15, -0.1) is 0 Å². The zero-order valence-corrected chi connectivity index (χ0v) is 11.9. The molecule has 4 nitrogen and oxygen atoms in total. The Labute approximate surface area is 117 Å². The van der Waals surface area contributed by atoms with Gasteiger partial charge in [0.2, 0.25) is 5.91 Å². The van der Waals surface area contributed by atoms with E-state index in [2.05, 4.69) is 0 Å². The molecule has 2 bridgehead atoms. The maximum atomic E-state index is 12.5. The first-order valence-corrected chi connectivity index (χ1v) is 7.69. The highest BCUT2D eigenvalue weighted by atomic mass is 32.1. The van der Waals surface area contributed by atoms with Gasteiger partial charge in [-0.2, -0.15) is 11.3 Å². The predicted octanol–water partition coefficient (Wildman–Crippen LogP) is 1.70. The van der Waals surface area contributed by atoms with Crippen molar-refractivity contribution in [3.05, 3.63) is 22.4 Å². The van der Waals surface area contributed by atoms with E-state index < -0.39 is 0 Å². The van der Waals surface area contributed by atoms with Crippen LogP contribution in [0.2, 0.25) is 0 Å². The van der Waals surface area contributed by atoms with E-state index in [4.69, 9.17) is 9.47 Å². The summed E-state index contributed by atoms with van der Waals surface area (Å²) in [5, 5.41) is 4.05. The van der Waals surface area contributed by atoms with Crippen molar-refractivity contribution >= 4 is 17.2 Å². The van der Waals surface area contributed by atoms with E-state index in [0.717, 1.165) is 18.4 Å². The molecule has 2 fully saturated rings. The average Bonchev–Trinajstić information content (AvgIpc) is 2.97. The lowest BCUT2D eigenvalue weighted by Gasteiger charge is -2.30. The van der Waals surface area contributed by atoms with Gasteiger partial charge in [0, 0.05) is 13.7 Å².